The van der Waals surface area contributed by atoms with Gasteiger partial charge >= 0.3 is 5.97 Å². The van der Waals surface area contributed by atoms with Crippen LogP contribution >= 0.6 is 15.9 Å². The molecule has 1 unspecified atom stereocenters. The zero-order valence-electron chi connectivity index (χ0n) is 9.60. The van der Waals surface area contributed by atoms with E-state index in [9.17, 15) is 4.79 Å². The average molecular weight is 281 g/mol. The first-order valence-electron chi connectivity index (χ1n) is 5.24. The van der Waals surface area contributed by atoms with E-state index in [-0.39, 0.29) is 5.97 Å². The zero-order chi connectivity index (χ0) is 11.2. The van der Waals surface area contributed by atoms with Crippen LogP contribution in [0.15, 0.2) is 0 Å². The molecule has 14 heavy (non-hydrogen) atoms. The van der Waals surface area contributed by atoms with E-state index in [0.29, 0.717) is 6.61 Å². The van der Waals surface area contributed by atoms with Crippen molar-refractivity contribution < 1.29 is 9.53 Å². The first kappa shape index (κ1) is 14.2. The normalized spacial score (nSPS) is 13.8. The second kappa shape index (κ2) is 6.61. The van der Waals surface area contributed by atoms with Crippen LogP contribution in [0.25, 0.3) is 0 Å². The molecule has 0 aliphatic rings. The lowest BCUT2D eigenvalue weighted by molar-refractivity contribution is -0.145. The van der Waals surface area contributed by atoms with Gasteiger partial charge in [-0.2, -0.15) is 0 Å². The van der Waals surface area contributed by atoms with E-state index in [1.54, 1.807) is 13.8 Å². The second-order valence-electron chi connectivity index (χ2n) is 4.26. The van der Waals surface area contributed by atoms with E-state index in [2.05, 4.69) is 29.4 Å². The average Bonchev–Trinajstić information content (AvgIpc) is 2.09. The van der Waals surface area contributed by atoms with E-state index in [4.69, 9.17) is 4.74 Å². The summed E-state index contributed by atoms with van der Waals surface area (Å²) in [7, 11) is -0.489. The van der Waals surface area contributed by atoms with Crippen molar-refractivity contribution in [3.05, 3.63) is 0 Å². The molecule has 0 aromatic heterocycles. The van der Waals surface area contributed by atoms with Gasteiger partial charge in [-0.1, -0.05) is 41.5 Å². The van der Waals surface area contributed by atoms with Crippen LogP contribution in [-0.2, 0) is 9.53 Å². The number of halogens is 1. The van der Waals surface area contributed by atoms with Gasteiger partial charge in [0.2, 0.25) is 0 Å². The summed E-state index contributed by atoms with van der Waals surface area (Å²) in [5.41, 5.74) is 0. The minimum atomic E-state index is -0.541. The van der Waals surface area contributed by atoms with Gasteiger partial charge in [0.25, 0.3) is 0 Å². The van der Waals surface area contributed by atoms with Gasteiger partial charge in [0.15, 0.2) is 0 Å². The molecule has 1 atom stereocenters. The highest BCUT2D eigenvalue weighted by Gasteiger charge is 2.25. The molecule has 0 heterocycles. The maximum absolute atomic E-state index is 11.3. The summed E-state index contributed by atoms with van der Waals surface area (Å²) in [6.45, 7) is 8.78. The summed E-state index contributed by atoms with van der Waals surface area (Å²) in [6, 6.07) is 2.60. The second-order valence-corrected chi connectivity index (χ2v) is 9.85. The molecule has 0 radical (unpaired) electrons. The fourth-order valence-corrected chi connectivity index (χ4v) is 2.36. The number of carbonyl (C=O) groups is 1. The Morgan fingerprint density at radius 1 is 1.50 bits per heavy atom. The molecular weight excluding hydrogens is 260 g/mol. The quantitative estimate of drug-likeness (QED) is 0.324. The van der Waals surface area contributed by atoms with Crippen LogP contribution in [0.5, 0.6) is 0 Å². The molecule has 0 aromatic carbocycles. The minimum absolute atomic E-state index is 0.164. The summed E-state index contributed by atoms with van der Waals surface area (Å²) in [6.07, 6.45) is 1.02. The number of hydrogen-bond acceptors (Lipinski definition) is 2. The number of rotatable bonds is 6. The molecule has 84 valence electrons. The predicted octanol–water partition coefficient (Wildman–Crippen LogP) is 2.97. The van der Waals surface area contributed by atoms with E-state index < -0.39 is 13.1 Å². The van der Waals surface area contributed by atoms with E-state index >= 15 is 0 Å². The Hall–Kier alpha value is 0.167. The fourth-order valence-electron chi connectivity index (χ4n) is 0.972. The summed E-state index contributed by atoms with van der Waals surface area (Å²) in [5, 5.41) is 0. The summed E-state index contributed by atoms with van der Waals surface area (Å²) >= 11 is 3.27. The lowest BCUT2D eigenvalue weighted by Gasteiger charge is -2.15. The van der Waals surface area contributed by atoms with E-state index in [0.717, 1.165) is 6.42 Å². The van der Waals surface area contributed by atoms with E-state index in [1.807, 2.05) is 0 Å². The van der Waals surface area contributed by atoms with Crippen molar-refractivity contribution >= 4 is 30.7 Å². The maximum Gasteiger partial charge on any atom is 0.322 e. The summed E-state index contributed by atoms with van der Waals surface area (Å²) in [4.78, 5) is 11.3. The molecule has 0 bridgehead atoms. The van der Waals surface area contributed by atoms with Gasteiger partial charge in [-0.05, 0) is 20.3 Å². The minimum Gasteiger partial charge on any atom is -0.465 e. The molecule has 0 saturated heterocycles. The SMILES string of the molecule is CC[SiH](C)CCCOC(=O)C(C)(C)Br. The molecule has 0 amide bonds. The molecule has 0 aliphatic heterocycles. The number of alkyl halides is 1. The Morgan fingerprint density at radius 2 is 2.07 bits per heavy atom. The van der Waals surface area contributed by atoms with Crippen molar-refractivity contribution in [2.45, 2.75) is 50.2 Å². The van der Waals surface area contributed by atoms with Crippen molar-refractivity contribution in [1.29, 1.82) is 0 Å². The smallest absolute Gasteiger partial charge is 0.322 e. The monoisotopic (exact) mass is 280 g/mol. The Morgan fingerprint density at radius 3 is 2.50 bits per heavy atom. The highest BCUT2D eigenvalue weighted by Crippen LogP contribution is 2.17. The lowest BCUT2D eigenvalue weighted by atomic mass is 10.2. The molecule has 0 N–H and O–H groups in total. The summed E-state index contributed by atoms with van der Waals surface area (Å²) in [5.74, 6) is -0.164. The largest absolute Gasteiger partial charge is 0.465 e. The van der Waals surface area contributed by atoms with Crippen LogP contribution < -0.4 is 0 Å². The number of ether oxygens (including phenoxy) is 1. The molecule has 2 nitrogen and oxygen atoms in total. The third-order valence-electron chi connectivity index (χ3n) is 2.26. The fraction of sp³-hybridized carbons (Fsp3) is 0.900. The topological polar surface area (TPSA) is 26.3 Å². The molecule has 0 saturated carbocycles. The first-order chi connectivity index (χ1) is 6.38. The van der Waals surface area contributed by atoms with Gasteiger partial charge in [0, 0.05) is 8.80 Å². The summed E-state index contributed by atoms with van der Waals surface area (Å²) < 4.78 is 4.60. The standard InChI is InChI=1S/C10H21BrO2Si/c1-5-14(4)8-6-7-13-9(12)10(2,3)11/h14H,5-8H2,1-4H3. The molecule has 0 rings (SSSR count). The van der Waals surface area contributed by atoms with Gasteiger partial charge in [0.05, 0.1) is 6.61 Å². The number of esters is 1. The first-order valence-corrected chi connectivity index (χ1v) is 8.82. The number of carbonyl (C=O) groups excluding carboxylic acids is 1. The van der Waals surface area contributed by atoms with Crippen molar-refractivity contribution in [3.8, 4) is 0 Å². The van der Waals surface area contributed by atoms with Crippen molar-refractivity contribution in [1.82, 2.24) is 0 Å². The van der Waals surface area contributed by atoms with Gasteiger partial charge in [0.1, 0.15) is 4.32 Å². The third-order valence-corrected chi connectivity index (χ3v) is 5.37. The van der Waals surface area contributed by atoms with E-state index in [1.165, 1.54) is 12.1 Å². The number of hydrogen-bond donors (Lipinski definition) is 0. The van der Waals surface area contributed by atoms with Crippen LogP contribution in [0.1, 0.15) is 27.2 Å². The van der Waals surface area contributed by atoms with Crippen LogP contribution in [0.4, 0.5) is 0 Å². The lowest BCUT2D eigenvalue weighted by Crippen LogP contribution is -2.27. The Kier molecular flexibility index (Phi) is 6.69. The Labute approximate surface area is 97.1 Å². The zero-order valence-corrected chi connectivity index (χ0v) is 12.3. The molecule has 0 aromatic rings. The van der Waals surface area contributed by atoms with Crippen molar-refractivity contribution in [2.24, 2.45) is 0 Å². The molecule has 0 aliphatic carbocycles. The van der Waals surface area contributed by atoms with Gasteiger partial charge < -0.3 is 4.74 Å². The highest BCUT2D eigenvalue weighted by atomic mass is 79.9. The van der Waals surface area contributed by atoms with Gasteiger partial charge in [-0.15, -0.1) is 0 Å². The predicted molar refractivity (Wildman–Crippen MR) is 66.9 cm³/mol. The Bertz CT molecular complexity index is 177. The molecule has 4 heteroatoms. The van der Waals surface area contributed by atoms with Crippen LogP contribution in [0.2, 0.25) is 18.6 Å². The Balaban J connectivity index is 3.51. The van der Waals surface area contributed by atoms with Crippen LogP contribution in [-0.4, -0.2) is 25.7 Å². The molecule has 0 fully saturated rings. The van der Waals surface area contributed by atoms with Crippen molar-refractivity contribution in [2.75, 3.05) is 6.61 Å². The molecular formula is C10H21BrO2Si. The van der Waals surface area contributed by atoms with Crippen LogP contribution in [0, 0.1) is 0 Å². The van der Waals surface area contributed by atoms with Crippen molar-refractivity contribution in [3.63, 3.8) is 0 Å². The van der Waals surface area contributed by atoms with Crippen LogP contribution in [0.3, 0.4) is 0 Å². The van der Waals surface area contributed by atoms with Gasteiger partial charge in [-0.3, -0.25) is 4.79 Å². The highest BCUT2D eigenvalue weighted by molar-refractivity contribution is 9.10. The maximum atomic E-state index is 11.3. The van der Waals surface area contributed by atoms with Gasteiger partial charge in [-0.25, -0.2) is 0 Å². The molecule has 0 spiro atoms. The third kappa shape index (κ3) is 6.60.